The van der Waals surface area contributed by atoms with Gasteiger partial charge in [-0.05, 0) is 49.9 Å². The first-order chi connectivity index (χ1) is 17.7. The van der Waals surface area contributed by atoms with E-state index in [0.29, 0.717) is 18.7 Å². The van der Waals surface area contributed by atoms with Gasteiger partial charge in [-0.3, -0.25) is 4.90 Å². The molecule has 3 atom stereocenters. The SMILES string of the molecule is COCC#Cc1ccc2c(c1)O[C@@H](CN(C)Cc1ccc3c(c1)OCO3)[C@H](C)CN([C@H](C)CO)S2(=O)=O. The van der Waals surface area contributed by atoms with Crippen LogP contribution in [0.15, 0.2) is 41.3 Å². The third-order valence-corrected chi connectivity index (χ3v) is 8.52. The van der Waals surface area contributed by atoms with Crippen molar-refractivity contribution in [2.24, 2.45) is 5.92 Å². The number of hydrogen-bond donors (Lipinski definition) is 1. The highest BCUT2D eigenvalue weighted by Gasteiger charge is 2.38. The topological polar surface area (TPSA) is 97.8 Å². The standard InChI is InChI=1S/C27H34N2O7S/c1-19-14-29(20(2)17-30)37(31,32)27-10-8-21(6-5-11-33-4)12-25(27)36-26(19)16-28(3)15-22-7-9-23-24(13-22)35-18-34-23/h7-10,12-13,19-20,26,30H,11,14-18H2,1-4H3/t19-,20-,26+/m1/s1. The Labute approximate surface area is 218 Å². The van der Waals surface area contributed by atoms with Crippen LogP contribution in [0.25, 0.3) is 0 Å². The summed E-state index contributed by atoms with van der Waals surface area (Å²) < 4.78 is 50.9. The highest BCUT2D eigenvalue weighted by atomic mass is 32.2. The molecule has 2 aromatic carbocycles. The lowest BCUT2D eigenvalue weighted by Gasteiger charge is -2.37. The number of sulfonamides is 1. The van der Waals surface area contributed by atoms with Crippen LogP contribution in [0, 0.1) is 17.8 Å². The van der Waals surface area contributed by atoms with Gasteiger partial charge in [0.15, 0.2) is 11.5 Å². The van der Waals surface area contributed by atoms with E-state index in [9.17, 15) is 13.5 Å². The van der Waals surface area contributed by atoms with Gasteiger partial charge in [-0.15, -0.1) is 0 Å². The van der Waals surface area contributed by atoms with E-state index in [1.54, 1.807) is 26.2 Å². The number of ether oxygens (including phenoxy) is 4. The van der Waals surface area contributed by atoms with E-state index in [4.69, 9.17) is 18.9 Å². The molecule has 2 aromatic rings. The highest BCUT2D eigenvalue weighted by molar-refractivity contribution is 7.89. The second kappa shape index (κ2) is 11.7. The minimum atomic E-state index is -3.90. The molecule has 0 fully saturated rings. The highest BCUT2D eigenvalue weighted by Crippen LogP contribution is 2.35. The fourth-order valence-corrected chi connectivity index (χ4v) is 6.28. The average molecular weight is 531 g/mol. The first-order valence-electron chi connectivity index (χ1n) is 12.2. The molecule has 4 rings (SSSR count). The fourth-order valence-electron chi connectivity index (χ4n) is 4.45. The Morgan fingerprint density at radius 2 is 1.97 bits per heavy atom. The number of hydrogen-bond acceptors (Lipinski definition) is 8. The summed E-state index contributed by atoms with van der Waals surface area (Å²) in [6, 6.07) is 10.2. The molecule has 0 amide bonds. The minimum Gasteiger partial charge on any atom is -0.487 e. The summed E-state index contributed by atoms with van der Waals surface area (Å²) in [4.78, 5) is 2.21. The van der Waals surface area contributed by atoms with Gasteiger partial charge in [-0.1, -0.05) is 24.8 Å². The van der Waals surface area contributed by atoms with Crippen molar-refractivity contribution >= 4 is 10.0 Å². The molecule has 0 spiro atoms. The molecule has 0 saturated heterocycles. The lowest BCUT2D eigenvalue weighted by atomic mass is 10.0. The van der Waals surface area contributed by atoms with E-state index in [-0.39, 0.29) is 49.2 Å². The zero-order chi connectivity index (χ0) is 26.6. The Kier molecular flexibility index (Phi) is 8.62. The van der Waals surface area contributed by atoms with Crippen LogP contribution < -0.4 is 14.2 Å². The smallest absolute Gasteiger partial charge is 0.247 e. The Morgan fingerprint density at radius 1 is 1.19 bits per heavy atom. The molecular weight excluding hydrogens is 496 g/mol. The number of nitrogens with zero attached hydrogens (tertiary/aromatic N) is 2. The molecule has 10 heteroatoms. The zero-order valence-corrected chi connectivity index (χ0v) is 22.5. The van der Waals surface area contributed by atoms with Gasteiger partial charge in [0.25, 0.3) is 0 Å². The third kappa shape index (κ3) is 6.20. The number of aliphatic hydroxyl groups is 1. The van der Waals surface area contributed by atoms with Crippen molar-refractivity contribution in [3.63, 3.8) is 0 Å². The molecule has 1 N–H and O–H groups in total. The van der Waals surface area contributed by atoms with E-state index in [0.717, 1.165) is 17.1 Å². The molecule has 0 radical (unpaired) electrons. The summed E-state index contributed by atoms with van der Waals surface area (Å²) in [5, 5.41) is 9.83. The van der Waals surface area contributed by atoms with Crippen molar-refractivity contribution in [1.82, 2.24) is 9.21 Å². The van der Waals surface area contributed by atoms with Crippen LogP contribution in [0.1, 0.15) is 25.0 Å². The molecule has 37 heavy (non-hydrogen) atoms. The van der Waals surface area contributed by atoms with Gasteiger partial charge in [0, 0.05) is 44.3 Å². The Hall–Kier alpha value is -2.81. The third-order valence-electron chi connectivity index (χ3n) is 6.50. The lowest BCUT2D eigenvalue weighted by molar-refractivity contribution is 0.0733. The van der Waals surface area contributed by atoms with Gasteiger partial charge in [-0.2, -0.15) is 4.31 Å². The number of benzene rings is 2. The summed E-state index contributed by atoms with van der Waals surface area (Å²) in [7, 11) is -0.338. The summed E-state index contributed by atoms with van der Waals surface area (Å²) in [6.07, 6.45) is -0.316. The van der Waals surface area contributed by atoms with Crippen molar-refractivity contribution in [1.29, 1.82) is 0 Å². The molecule has 0 unspecified atom stereocenters. The number of methoxy groups -OCH3 is 1. The molecule has 9 nitrogen and oxygen atoms in total. The molecule has 0 saturated carbocycles. The molecule has 200 valence electrons. The molecular formula is C27H34N2O7S. The van der Waals surface area contributed by atoms with Crippen LogP contribution >= 0.6 is 0 Å². The maximum atomic E-state index is 13.6. The maximum Gasteiger partial charge on any atom is 0.247 e. The van der Waals surface area contributed by atoms with Crippen molar-refractivity contribution in [2.45, 2.75) is 37.4 Å². The molecule has 2 aliphatic rings. The number of likely N-dealkylation sites (N-methyl/N-ethyl adjacent to an activating group) is 1. The lowest BCUT2D eigenvalue weighted by Crippen LogP contribution is -2.49. The summed E-state index contributed by atoms with van der Waals surface area (Å²) >= 11 is 0. The normalized spacial score (nSPS) is 21.2. The molecule has 0 aliphatic carbocycles. The minimum absolute atomic E-state index is 0.0698. The predicted molar refractivity (Wildman–Crippen MR) is 138 cm³/mol. The first-order valence-corrected chi connectivity index (χ1v) is 13.6. The van der Waals surface area contributed by atoms with Crippen molar-refractivity contribution < 1.29 is 32.5 Å². The van der Waals surface area contributed by atoms with Crippen LogP contribution in [-0.2, 0) is 21.3 Å². The van der Waals surface area contributed by atoms with E-state index in [1.165, 1.54) is 10.4 Å². The van der Waals surface area contributed by atoms with E-state index in [1.807, 2.05) is 32.2 Å². The summed E-state index contributed by atoms with van der Waals surface area (Å²) in [5.74, 6) is 7.46. The van der Waals surface area contributed by atoms with Crippen LogP contribution in [0.4, 0.5) is 0 Å². The number of aliphatic hydroxyl groups excluding tert-OH is 1. The van der Waals surface area contributed by atoms with E-state index < -0.39 is 16.1 Å². The van der Waals surface area contributed by atoms with Crippen LogP contribution in [-0.4, -0.2) is 82.1 Å². The average Bonchev–Trinajstić information content (AvgIpc) is 3.34. The van der Waals surface area contributed by atoms with Crippen molar-refractivity contribution in [3.8, 4) is 29.1 Å². The predicted octanol–water partition coefficient (Wildman–Crippen LogP) is 2.31. The fraction of sp³-hybridized carbons (Fsp3) is 0.481. The number of rotatable bonds is 7. The van der Waals surface area contributed by atoms with Gasteiger partial charge in [-0.25, -0.2) is 8.42 Å². The molecule has 2 heterocycles. The monoisotopic (exact) mass is 530 g/mol. The van der Waals surface area contributed by atoms with Gasteiger partial charge in [0.1, 0.15) is 23.4 Å². The molecule has 2 aliphatic heterocycles. The van der Waals surface area contributed by atoms with Crippen LogP contribution in [0.3, 0.4) is 0 Å². The first kappa shape index (κ1) is 27.2. The maximum absolute atomic E-state index is 13.6. The summed E-state index contributed by atoms with van der Waals surface area (Å²) in [5.41, 5.74) is 1.70. The van der Waals surface area contributed by atoms with Gasteiger partial charge in [0.05, 0.1) is 6.61 Å². The Morgan fingerprint density at radius 3 is 2.73 bits per heavy atom. The Bertz CT molecular complexity index is 1270. The van der Waals surface area contributed by atoms with Gasteiger partial charge < -0.3 is 24.1 Å². The van der Waals surface area contributed by atoms with Crippen molar-refractivity contribution in [2.75, 3.05) is 47.3 Å². The van der Waals surface area contributed by atoms with Gasteiger partial charge >= 0.3 is 0 Å². The molecule has 0 aromatic heterocycles. The van der Waals surface area contributed by atoms with Crippen LogP contribution in [0.5, 0.6) is 17.2 Å². The summed E-state index contributed by atoms with van der Waals surface area (Å²) in [6.45, 7) is 5.31. The van der Waals surface area contributed by atoms with Crippen molar-refractivity contribution in [3.05, 3.63) is 47.5 Å². The quantitative estimate of drug-likeness (QED) is 0.545. The molecule has 0 bridgehead atoms. The van der Waals surface area contributed by atoms with E-state index >= 15 is 0 Å². The van der Waals surface area contributed by atoms with Crippen LogP contribution in [0.2, 0.25) is 0 Å². The second-order valence-electron chi connectivity index (χ2n) is 9.52. The zero-order valence-electron chi connectivity index (χ0n) is 21.6. The van der Waals surface area contributed by atoms with Gasteiger partial charge in [0.2, 0.25) is 16.8 Å². The van der Waals surface area contributed by atoms with E-state index in [2.05, 4.69) is 16.7 Å². The largest absolute Gasteiger partial charge is 0.487 e. The Balaban J connectivity index is 1.63. The second-order valence-corrected chi connectivity index (χ2v) is 11.4. The number of fused-ring (bicyclic) bond motifs is 2.